The fraction of sp³-hybridized carbons (Fsp3) is 0.636. The quantitative estimate of drug-likeness (QED) is 0.0879. The molecule has 0 aromatic heterocycles. The minimum atomic E-state index is -1.02. The normalized spacial score (nSPS) is 11.1. The first-order valence-electron chi connectivity index (χ1n) is 16.4. The van der Waals surface area contributed by atoms with Gasteiger partial charge in [-0.3, -0.25) is 57.5 Å². The van der Waals surface area contributed by atoms with E-state index in [9.17, 15) is 57.5 Å². The molecule has 3 unspecified atom stereocenters. The highest BCUT2D eigenvalue weighted by Crippen LogP contribution is 2.04. The minimum Gasteiger partial charge on any atom is -0.428 e. The van der Waals surface area contributed by atoms with Gasteiger partial charge in [0.1, 0.15) is 0 Å². The van der Waals surface area contributed by atoms with Gasteiger partial charge < -0.3 is 56.8 Å². The third-order valence-corrected chi connectivity index (χ3v) is 4.93. The van der Waals surface area contributed by atoms with E-state index >= 15 is 0 Å². The lowest BCUT2D eigenvalue weighted by molar-refractivity contribution is -0.188. The van der Waals surface area contributed by atoms with Crippen molar-refractivity contribution < 1.29 is 114 Å². The van der Waals surface area contributed by atoms with Crippen LogP contribution in [-0.4, -0.2) is 111 Å². The maximum atomic E-state index is 11.3. The molecule has 0 aliphatic carbocycles. The van der Waals surface area contributed by atoms with Gasteiger partial charge in [-0.2, -0.15) is 0 Å². The van der Waals surface area contributed by atoms with Gasteiger partial charge in [-0.05, 0) is 0 Å². The molecule has 0 spiro atoms. The van der Waals surface area contributed by atoms with Crippen molar-refractivity contribution in [3.63, 3.8) is 0 Å². The monoisotopic (exact) mass is 828 g/mol. The Kier molecular flexibility index (Phi) is 31.8. The summed E-state index contributed by atoms with van der Waals surface area (Å²) in [5.74, 6) is -7.75. The lowest BCUT2D eigenvalue weighted by Crippen LogP contribution is -2.23. The molecular weight excluding hydrogens is 780 g/mol. The van der Waals surface area contributed by atoms with E-state index < -0.39 is 111 Å². The van der Waals surface area contributed by atoms with Crippen molar-refractivity contribution in [1.29, 1.82) is 0 Å². The third-order valence-electron chi connectivity index (χ3n) is 4.93. The Labute approximate surface area is 326 Å². The van der Waals surface area contributed by atoms with Crippen LogP contribution in [0.4, 0.5) is 0 Å². The summed E-state index contributed by atoms with van der Waals surface area (Å²) in [5.41, 5.74) is 0. The molecule has 0 aromatic rings. The number of ether oxygens (including phenoxy) is 12. The second-order valence-electron chi connectivity index (χ2n) is 10.3. The molecule has 0 bridgehead atoms. The second kappa shape index (κ2) is 33.0. The van der Waals surface area contributed by atoms with Gasteiger partial charge in [-0.25, -0.2) is 0 Å². The molecule has 0 saturated heterocycles. The smallest absolute Gasteiger partial charge is 0.309 e. The molecule has 0 fully saturated rings. The van der Waals surface area contributed by atoms with Crippen LogP contribution in [0.15, 0.2) is 0 Å². The van der Waals surface area contributed by atoms with Crippen molar-refractivity contribution >= 4 is 71.6 Å². The van der Waals surface area contributed by atoms with Crippen molar-refractivity contribution in [2.75, 3.05) is 20.4 Å². The van der Waals surface area contributed by atoms with Gasteiger partial charge in [0.15, 0.2) is 0 Å². The Morgan fingerprint density at radius 2 is 0.474 bits per heavy atom. The molecule has 324 valence electrons. The highest BCUT2D eigenvalue weighted by Gasteiger charge is 2.17. The van der Waals surface area contributed by atoms with Gasteiger partial charge in [0, 0.05) is 62.3 Å². The summed E-state index contributed by atoms with van der Waals surface area (Å²) in [5, 5.41) is 0. The van der Waals surface area contributed by atoms with Gasteiger partial charge in [0.25, 0.3) is 0 Å². The average molecular weight is 829 g/mol. The van der Waals surface area contributed by atoms with Crippen LogP contribution in [0.3, 0.4) is 0 Å². The molecular formula is C33H48O24. The van der Waals surface area contributed by atoms with E-state index in [1.165, 1.54) is 62.3 Å². The molecule has 3 atom stereocenters. The SMILES string of the molecule is CC(=O)OC(C)OC(=O)CCC(=O)OC(C)OC(C)=O.CC(=O)OCOC(=O)CCC(=O)OC(C)OC(C)=O.CC(=O)OCOC(=O)CCC(=O)OCOC(C)=O. The molecule has 0 aliphatic heterocycles. The highest BCUT2D eigenvalue weighted by atomic mass is 16.7. The maximum Gasteiger partial charge on any atom is 0.309 e. The van der Waals surface area contributed by atoms with E-state index in [0.717, 1.165) is 0 Å². The molecule has 0 saturated carbocycles. The molecule has 0 N–H and O–H groups in total. The van der Waals surface area contributed by atoms with Crippen LogP contribution in [0.1, 0.15) is 101 Å². The lowest BCUT2D eigenvalue weighted by atomic mass is 10.3. The number of esters is 12. The van der Waals surface area contributed by atoms with Crippen LogP contribution in [0.5, 0.6) is 0 Å². The summed E-state index contributed by atoms with van der Waals surface area (Å²) in [7, 11) is 0. The Hall–Kier alpha value is -6.36. The van der Waals surface area contributed by atoms with Crippen molar-refractivity contribution in [3.8, 4) is 0 Å². The summed E-state index contributed by atoms with van der Waals surface area (Å²) in [6.45, 7) is 9.69. The number of rotatable bonds is 21. The fourth-order valence-corrected chi connectivity index (χ4v) is 2.87. The van der Waals surface area contributed by atoms with Crippen LogP contribution in [0, 0.1) is 0 Å². The number of hydrogen-bond acceptors (Lipinski definition) is 24. The van der Waals surface area contributed by atoms with Crippen LogP contribution >= 0.6 is 0 Å². The molecule has 0 heterocycles. The van der Waals surface area contributed by atoms with E-state index in [2.05, 4.69) is 47.4 Å². The zero-order chi connectivity index (χ0) is 44.5. The van der Waals surface area contributed by atoms with Crippen LogP contribution < -0.4 is 0 Å². The summed E-state index contributed by atoms with van der Waals surface area (Å²) in [6, 6.07) is 0. The number of carbonyl (C=O) groups excluding carboxylic acids is 12. The standard InChI is InChI=1S/C12H18O8.C11H16O8.C10H14O8/c1-7(13)17-9(3)19-11(15)5-6-12(16)20-10(4)18-8(2)14;1-7(12)16-6-17-10(14)4-5-11(15)19-9(3)18-8(2)13;1-7(11)15-5-17-9(13)3-4-10(14)18-6-16-8(2)12/h9-10H,5-6H2,1-4H3;9H,4-6H2,1-3H3;3-6H2,1-2H3. The van der Waals surface area contributed by atoms with Crippen molar-refractivity contribution in [3.05, 3.63) is 0 Å². The third kappa shape index (κ3) is 43.9. The first-order valence-corrected chi connectivity index (χ1v) is 16.4. The molecule has 0 amide bonds. The van der Waals surface area contributed by atoms with Gasteiger partial charge >= 0.3 is 71.6 Å². The fourth-order valence-electron chi connectivity index (χ4n) is 2.87. The topological polar surface area (TPSA) is 316 Å². The van der Waals surface area contributed by atoms with E-state index in [0.29, 0.717) is 0 Å². The largest absolute Gasteiger partial charge is 0.428 e. The Balaban J connectivity index is -0.000000768. The minimum absolute atomic E-state index is 0.222. The van der Waals surface area contributed by atoms with E-state index in [1.54, 1.807) is 0 Å². The van der Waals surface area contributed by atoms with Crippen LogP contribution in [-0.2, 0) is 114 Å². The van der Waals surface area contributed by atoms with Crippen LogP contribution in [0.2, 0.25) is 0 Å². The van der Waals surface area contributed by atoms with Gasteiger partial charge in [0.2, 0.25) is 39.2 Å². The van der Waals surface area contributed by atoms with Crippen molar-refractivity contribution in [1.82, 2.24) is 0 Å². The van der Waals surface area contributed by atoms with E-state index in [4.69, 9.17) is 9.47 Å². The molecule has 0 aromatic carbocycles. The highest BCUT2D eigenvalue weighted by molar-refractivity contribution is 5.79. The molecule has 0 radical (unpaired) electrons. The Morgan fingerprint density at radius 1 is 0.281 bits per heavy atom. The first kappa shape index (κ1) is 55.0. The summed E-state index contributed by atoms with van der Waals surface area (Å²) in [4.78, 5) is 130. The number of carbonyl (C=O) groups is 12. The van der Waals surface area contributed by atoms with Gasteiger partial charge in [-0.1, -0.05) is 0 Å². The Morgan fingerprint density at radius 3 is 0.649 bits per heavy atom. The summed E-state index contributed by atoms with van der Waals surface area (Å²) >= 11 is 0. The average Bonchev–Trinajstić information content (AvgIpc) is 3.04. The van der Waals surface area contributed by atoms with E-state index in [-0.39, 0.29) is 38.5 Å². The number of hydrogen-bond donors (Lipinski definition) is 0. The summed E-state index contributed by atoms with van der Waals surface area (Å²) in [6.07, 6.45) is -4.43. The van der Waals surface area contributed by atoms with Gasteiger partial charge in [-0.15, -0.1) is 0 Å². The van der Waals surface area contributed by atoms with Crippen molar-refractivity contribution in [2.24, 2.45) is 0 Å². The molecule has 24 nitrogen and oxygen atoms in total. The molecule has 0 rings (SSSR count). The zero-order valence-electron chi connectivity index (χ0n) is 32.9. The predicted octanol–water partition coefficient (Wildman–Crippen LogP) is 0.848. The Bertz CT molecular complexity index is 1300. The summed E-state index contributed by atoms with van der Waals surface area (Å²) < 4.78 is 54.3. The zero-order valence-corrected chi connectivity index (χ0v) is 32.9. The van der Waals surface area contributed by atoms with Crippen molar-refractivity contribution in [2.45, 2.75) is 120 Å². The predicted molar refractivity (Wildman–Crippen MR) is 178 cm³/mol. The molecule has 24 heteroatoms. The van der Waals surface area contributed by atoms with Gasteiger partial charge in [0.05, 0.1) is 38.5 Å². The molecule has 57 heavy (non-hydrogen) atoms. The molecule has 0 aliphatic rings. The maximum absolute atomic E-state index is 11.3. The first-order chi connectivity index (χ1) is 26.4. The lowest BCUT2D eigenvalue weighted by Gasteiger charge is -2.14. The van der Waals surface area contributed by atoms with Crippen LogP contribution in [0.25, 0.3) is 0 Å². The van der Waals surface area contributed by atoms with E-state index in [1.807, 2.05) is 0 Å². The second-order valence-corrected chi connectivity index (χ2v) is 10.3.